The van der Waals surface area contributed by atoms with Crippen molar-refractivity contribution in [1.29, 1.82) is 0 Å². The lowest BCUT2D eigenvalue weighted by Gasteiger charge is -2.08. The molecule has 0 saturated carbocycles. The number of esters is 1. The van der Waals surface area contributed by atoms with Crippen molar-refractivity contribution in [1.82, 2.24) is 5.32 Å². The van der Waals surface area contributed by atoms with Crippen LogP contribution < -0.4 is 5.32 Å². The molecule has 0 bridgehead atoms. The molecule has 1 heterocycles. The lowest BCUT2D eigenvalue weighted by Crippen LogP contribution is -2.32. The van der Waals surface area contributed by atoms with Crippen LogP contribution in [0, 0.1) is 0 Å². The van der Waals surface area contributed by atoms with E-state index in [0.29, 0.717) is 6.61 Å². The van der Waals surface area contributed by atoms with Gasteiger partial charge in [-0.15, -0.1) is 12.4 Å². The monoisotopic (exact) mass is 193 g/mol. The number of ether oxygens (including phenoxy) is 1. The number of carbonyl (C=O) groups excluding carboxylic acids is 1. The summed E-state index contributed by atoms with van der Waals surface area (Å²) >= 11 is 0. The van der Waals surface area contributed by atoms with E-state index in [4.69, 9.17) is 4.74 Å². The third-order valence-electron chi connectivity index (χ3n) is 1.79. The minimum absolute atomic E-state index is 0. The Morgan fingerprint density at radius 2 is 2.42 bits per heavy atom. The molecular weight excluding hydrogens is 178 g/mol. The zero-order valence-electron chi connectivity index (χ0n) is 7.34. The molecule has 0 aromatic rings. The smallest absolute Gasteiger partial charge is 0.323 e. The average Bonchev–Trinajstić information content (AvgIpc) is 2.52. The van der Waals surface area contributed by atoms with E-state index < -0.39 is 0 Å². The first-order chi connectivity index (χ1) is 5.34. The third-order valence-corrected chi connectivity index (χ3v) is 1.79. The molecule has 1 fully saturated rings. The summed E-state index contributed by atoms with van der Waals surface area (Å²) in [6.45, 7) is 3.50. The van der Waals surface area contributed by atoms with E-state index in [1.54, 1.807) is 0 Å². The fraction of sp³-hybridized carbons (Fsp3) is 0.875. The van der Waals surface area contributed by atoms with Gasteiger partial charge in [0.25, 0.3) is 0 Å². The van der Waals surface area contributed by atoms with Gasteiger partial charge in [-0.3, -0.25) is 4.79 Å². The number of rotatable bonds is 3. The summed E-state index contributed by atoms with van der Waals surface area (Å²) in [6, 6.07) is -0.0263. The first kappa shape index (κ1) is 11.7. The minimum atomic E-state index is -0.0793. The molecule has 1 aliphatic rings. The molecule has 1 aliphatic heterocycles. The van der Waals surface area contributed by atoms with Crippen LogP contribution >= 0.6 is 12.4 Å². The Labute approximate surface area is 79.3 Å². The van der Waals surface area contributed by atoms with Crippen LogP contribution in [0.5, 0.6) is 0 Å². The molecule has 0 unspecified atom stereocenters. The minimum Gasteiger partial charge on any atom is -0.465 e. The van der Waals surface area contributed by atoms with Crippen LogP contribution in [0.3, 0.4) is 0 Å². The lowest BCUT2D eigenvalue weighted by atomic mass is 10.2. The zero-order chi connectivity index (χ0) is 8.10. The van der Waals surface area contributed by atoms with Gasteiger partial charge in [0, 0.05) is 0 Å². The van der Waals surface area contributed by atoms with Gasteiger partial charge in [-0.2, -0.15) is 0 Å². The Morgan fingerprint density at radius 1 is 1.67 bits per heavy atom. The van der Waals surface area contributed by atoms with Crippen LogP contribution in [0.15, 0.2) is 0 Å². The van der Waals surface area contributed by atoms with Crippen LogP contribution in [0.2, 0.25) is 0 Å². The molecule has 0 amide bonds. The number of hydrogen-bond acceptors (Lipinski definition) is 3. The number of carbonyl (C=O) groups is 1. The SMILES string of the molecule is CCCOC(=O)[C@@H]1CCCN1.Cl. The molecule has 0 aromatic heterocycles. The van der Waals surface area contributed by atoms with Gasteiger partial charge < -0.3 is 10.1 Å². The topological polar surface area (TPSA) is 38.3 Å². The maximum Gasteiger partial charge on any atom is 0.323 e. The van der Waals surface area contributed by atoms with Gasteiger partial charge in [0.1, 0.15) is 6.04 Å². The van der Waals surface area contributed by atoms with E-state index in [2.05, 4.69) is 5.32 Å². The van der Waals surface area contributed by atoms with Gasteiger partial charge in [0.2, 0.25) is 0 Å². The number of halogens is 1. The van der Waals surface area contributed by atoms with Crippen molar-refractivity contribution in [2.75, 3.05) is 13.2 Å². The predicted molar refractivity (Wildman–Crippen MR) is 49.5 cm³/mol. The van der Waals surface area contributed by atoms with Crippen LogP contribution in [0.1, 0.15) is 26.2 Å². The Bertz CT molecular complexity index is 135. The van der Waals surface area contributed by atoms with Gasteiger partial charge >= 0.3 is 5.97 Å². The highest BCUT2D eigenvalue weighted by Gasteiger charge is 2.22. The van der Waals surface area contributed by atoms with Crippen LogP contribution in [0.4, 0.5) is 0 Å². The predicted octanol–water partition coefficient (Wildman–Crippen LogP) is 1.11. The summed E-state index contributed by atoms with van der Waals surface area (Å²) in [7, 11) is 0. The van der Waals surface area contributed by atoms with Crippen LogP contribution in [-0.2, 0) is 9.53 Å². The molecule has 1 N–H and O–H groups in total. The molecule has 0 aromatic carbocycles. The van der Waals surface area contributed by atoms with Crippen LogP contribution in [-0.4, -0.2) is 25.2 Å². The molecule has 0 spiro atoms. The van der Waals surface area contributed by atoms with E-state index in [-0.39, 0.29) is 24.4 Å². The fourth-order valence-electron chi connectivity index (χ4n) is 1.19. The Hall–Kier alpha value is -0.280. The van der Waals surface area contributed by atoms with Gasteiger partial charge in [-0.05, 0) is 25.8 Å². The van der Waals surface area contributed by atoms with Crippen molar-refractivity contribution in [3.8, 4) is 0 Å². The van der Waals surface area contributed by atoms with Crippen molar-refractivity contribution >= 4 is 18.4 Å². The molecule has 4 heteroatoms. The second kappa shape index (κ2) is 6.26. The Balaban J connectivity index is 0.00000121. The summed E-state index contributed by atoms with van der Waals surface area (Å²) in [5.74, 6) is -0.0793. The normalized spacial score (nSPS) is 21.6. The average molecular weight is 194 g/mol. The van der Waals surface area contributed by atoms with Crippen molar-refractivity contribution in [2.45, 2.75) is 32.2 Å². The molecule has 1 saturated heterocycles. The standard InChI is InChI=1S/C8H15NO2.ClH/c1-2-6-11-8(10)7-4-3-5-9-7;/h7,9H,2-6H2,1H3;1H/t7-;/m0./s1. The van der Waals surface area contributed by atoms with E-state index in [9.17, 15) is 4.79 Å². The highest BCUT2D eigenvalue weighted by atomic mass is 35.5. The van der Waals surface area contributed by atoms with Crippen molar-refractivity contribution in [3.63, 3.8) is 0 Å². The summed E-state index contributed by atoms with van der Waals surface area (Å²) < 4.78 is 4.97. The Kier molecular flexibility index (Phi) is 6.11. The van der Waals surface area contributed by atoms with E-state index in [1.165, 1.54) is 0 Å². The number of nitrogens with one attached hydrogen (secondary N) is 1. The summed E-state index contributed by atoms with van der Waals surface area (Å²) in [5.41, 5.74) is 0. The van der Waals surface area contributed by atoms with Gasteiger partial charge in [0.05, 0.1) is 6.61 Å². The summed E-state index contributed by atoms with van der Waals surface area (Å²) in [6.07, 6.45) is 2.92. The highest BCUT2D eigenvalue weighted by molar-refractivity contribution is 5.85. The molecular formula is C8H16ClNO2. The van der Waals surface area contributed by atoms with Crippen molar-refractivity contribution in [2.24, 2.45) is 0 Å². The first-order valence-electron chi connectivity index (χ1n) is 4.24. The fourth-order valence-corrected chi connectivity index (χ4v) is 1.19. The molecule has 1 rings (SSSR count). The molecule has 0 radical (unpaired) electrons. The quantitative estimate of drug-likeness (QED) is 0.683. The molecule has 3 nitrogen and oxygen atoms in total. The van der Waals surface area contributed by atoms with E-state index in [1.807, 2.05) is 6.92 Å². The largest absolute Gasteiger partial charge is 0.465 e. The van der Waals surface area contributed by atoms with Gasteiger partial charge in [-0.1, -0.05) is 6.92 Å². The molecule has 1 atom stereocenters. The second-order valence-electron chi connectivity index (χ2n) is 2.82. The second-order valence-corrected chi connectivity index (χ2v) is 2.82. The molecule has 12 heavy (non-hydrogen) atoms. The first-order valence-corrected chi connectivity index (χ1v) is 4.24. The lowest BCUT2D eigenvalue weighted by molar-refractivity contribution is -0.145. The van der Waals surface area contributed by atoms with Gasteiger partial charge in [-0.25, -0.2) is 0 Å². The Morgan fingerprint density at radius 3 is 2.92 bits per heavy atom. The zero-order valence-corrected chi connectivity index (χ0v) is 8.15. The summed E-state index contributed by atoms with van der Waals surface area (Å²) in [4.78, 5) is 11.1. The van der Waals surface area contributed by atoms with Crippen molar-refractivity contribution in [3.05, 3.63) is 0 Å². The van der Waals surface area contributed by atoms with E-state index in [0.717, 1.165) is 25.8 Å². The maximum absolute atomic E-state index is 11.1. The van der Waals surface area contributed by atoms with Crippen molar-refractivity contribution < 1.29 is 9.53 Å². The summed E-state index contributed by atoms with van der Waals surface area (Å²) in [5, 5.41) is 3.09. The maximum atomic E-state index is 11.1. The number of hydrogen-bond donors (Lipinski definition) is 1. The molecule has 72 valence electrons. The van der Waals surface area contributed by atoms with Gasteiger partial charge in [0.15, 0.2) is 0 Å². The highest BCUT2D eigenvalue weighted by Crippen LogP contribution is 2.06. The molecule has 0 aliphatic carbocycles. The van der Waals surface area contributed by atoms with Crippen LogP contribution in [0.25, 0.3) is 0 Å². The third kappa shape index (κ3) is 3.41. The van der Waals surface area contributed by atoms with E-state index >= 15 is 0 Å².